The molecule has 0 radical (unpaired) electrons. The molecule has 1 saturated heterocycles. The Kier molecular flexibility index (Phi) is 4.08. The molecule has 0 spiro atoms. The van der Waals surface area contributed by atoms with E-state index in [2.05, 4.69) is 10.6 Å². The van der Waals surface area contributed by atoms with E-state index in [9.17, 15) is 22.8 Å². The van der Waals surface area contributed by atoms with E-state index in [-0.39, 0.29) is 11.5 Å². The van der Waals surface area contributed by atoms with Crippen molar-refractivity contribution in [2.24, 2.45) is 0 Å². The predicted octanol–water partition coefficient (Wildman–Crippen LogP) is -0.109. The van der Waals surface area contributed by atoms with Crippen molar-refractivity contribution in [3.8, 4) is 0 Å². The van der Waals surface area contributed by atoms with E-state index in [0.29, 0.717) is 6.42 Å². The Morgan fingerprint density at radius 1 is 1.48 bits per heavy atom. The lowest BCUT2D eigenvalue weighted by Crippen LogP contribution is -2.36. The monoisotopic (exact) mass is 313 g/mol. The van der Waals surface area contributed by atoms with Crippen LogP contribution in [0.1, 0.15) is 19.3 Å². The zero-order valence-corrected chi connectivity index (χ0v) is 11.5. The Morgan fingerprint density at radius 2 is 2.19 bits per heavy atom. The highest BCUT2D eigenvalue weighted by molar-refractivity contribution is 7.87. The summed E-state index contributed by atoms with van der Waals surface area (Å²) in [5.74, 6) is -3.12. The number of amides is 2. The number of nitrogens with zero attached hydrogens (tertiary/aromatic N) is 1. The van der Waals surface area contributed by atoms with Crippen LogP contribution in [-0.4, -0.2) is 41.1 Å². The van der Waals surface area contributed by atoms with E-state index >= 15 is 0 Å². The van der Waals surface area contributed by atoms with Crippen LogP contribution in [0.2, 0.25) is 0 Å². The fraction of sp³-hybridized carbons (Fsp3) is 0.333. The first-order valence-corrected chi connectivity index (χ1v) is 7.45. The van der Waals surface area contributed by atoms with Crippen LogP contribution >= 0.6 is 0 Å². The zero-order chi connectivity index (χ0) is 15.6. The minimum Gasteiger partial charge on any atom is -0.330 e. The van der Waals surface area contributed by atoms with Crippen LogP contribution in [0.15, 0.2) is 29.5 Å². The minimum atomic E-state index is -4.71. The highest BCUT2D eigenvalue weighted by Gasteiger charge is 2.48. The van der Waals surface area contributed by atoms with Gasteiger partial charge in [0.05, 0.1) is 12.8 Å². The largest absolute Gasteiger partial charge is 0.333 e. The lowest BCUT2D eigenvalue weighted by molar-refractivity contribution is -0.197. The highest BCUT2D eigenvalue weighted by atomic mass is 32.2. The van der Waals surface area contributed by atoms with Crippen LogP contribution in [0.5, 0.6) is 0 Å². The molecule has 112 valence electrons. The Morgan fingerprint density at radius 3 is 2.71 bits per heavy atom. The van der Waals surface area contributed by atoms with Gasteiger partial charge in [-0.3, -0.25) is 14.1 Å². The van der Waals surface area contributed by atoms with Crippen molar-refractivity contribution in [1.29, 1.82) is 0 Å². The van der Waals surface area contributed by atoms with Crippen LogP contribution < -0.4 is 0 Å². The Balaban J connectivity index is 1.94. The number of hydrogen-bond acceptors (Lipinski definition) is 6. The zero-order valence-electron chi connectivity index (χ0n) is 10.7. The molecule has 0 saturated carbocycles. The van der Waals surface area contributed by atoms with Crippen molar-refractivity contribution in [2.45, 2.75) is 24.5 Å². The first-order chi connectivity index (χ1) is 9.79. The average Bonchev–Trinajstić information content (AvgIpc) is 2.98. The molecular formula is C12H11NO7S. The molecule has 1 aliphatic carbocycles. The van der Waals surface area contributed by atoms with E-state index in [4.69, 9.17) is 4.55 Å². The molecule has 0 bridgehead atoms. The van der Waals surface area contributed by atoms with Crippen LogP contribution in [0.25, 0.3) is 0 Å². The molecule has 2 rings (SSSR count). The third-order valence-electron chi connectivity index (χ3n) is 2.88. The van der Waals surface area contributed by atoms with Gasteiger partial charge in [0.15, 0.2) is 5.25 Å². The summed E-state index contributed by atoms with van der Waals surface area (Å²) in [6, 6.07) is 0. The summed E-state index contributed by atoms with van der Waals surface area (Å²) >= 11 is 0. The average molecular weight is 313 g/mol. The van der Waals surface area contributed by atoms with Gasteiger partial charge in [-0.1, -0.05) is 12.2 Å². The fourth-order valence-corrected chi connectivity index (χ4v) is 2.52. The molecule has 21 heavy (non-hydrogen) atoms. The maximum absolute atomic E-state index is 11.6. The molecule has 0 aromatic rings. The Labute approximate surface area is 120 Å². The maximum Gasteiger partial charge on any atom is 0.333 e. The van der Waals surface area contributed by atoms with Gasteiger partial charge in [-0.15, -0.1) is 10.8 Å². The summed E-state index contributed by atoms with van der Waals surface area (Å²) in [6.45, 7) is 0. The van der Waals surface area contributed by atoms with E-state index in [1.165, 1.54) is 0 Å². The molecule has 1 N–H and O–H groups in total. The summed E-state index contributed by atoms with van der Waals surface area (Å²) in [4.78, 5) is 39.2. The summed E-state index contributed by atoms with van der Waals surface area (Å²) in [6.07, 6.45) is 4.61. The molecular weight excluding hydrogens is 302 g/mol. The summed E-state index contributed by atoms with van der Waals surface area (Å²) in [5.41, 5.74) is 3.63. The molecule has 1 atom stereocenters. The number of hydrogen-bond donors (Lipinski definition) is 1. The molecule has 1 unspecified atom stereocenters. The molecule has 2 amide bonds. The molecule has 1 heterocycles. The van der Waals surface area contributed by atoms with Gasteiger partial charge in [0.2, 0.25) is 0 Å². The Bertz CT molecular complexity index is 697. The number of allylic oxidation sites excluding steroid dienone is 3. The van der Waals surface area contributed by atoms with Crippen LogP contribution in [0, 0.1) is 0 Å². The molecule has 8 nitrogen and oxygen atoms in total. The maximum atomic E-state index is 11.6. The smallest absolute Gasteiger partial charge is 0.330 e. The highest BCUT2D eigenvalue weighted by Crippen LogP contribution is 2.20. The number of carbonyl (C=O) groups is 3. The first kappa shape index (κ1) is 15.2. The van der Waals surface area contributed by atoms with Crippen LogP contribution in [0.4, 0.5) is 0 Å². The second kappa shape index (κ2) is 5.65. The van der Waals surface area contributed by atoms with Gasteiger partial charge in [0, 0.05) is 0 Å². The molecule has 1 aliphatic heterocycles. The van der Waals surface area contributed by atoms with Crippen molar-refractivity contribution in [1.82, 2.24) is 5.06 Å². The topological polar surface area (TPSA) is 118 Å². The quantitative estimate of drug-likeness (QED) is 0.427. The SMILES string of the molecule is O=C(CCC1=C=CC=C1)ON1C(=O)CC(S(=O)(=O)O)C1=O. The molecule has 0 aromatic carbocycles. The van der Waals surface area contributed by atoms with Crippen LogP contribution in [-0.2, 0) is 29.3 Å². The van der Waals surface area contributed by atoms with Gasteiger partial charge in [0.25, 0.3) is 21.9 Å². The van der Waals surface area contributed by atoms with Crippen molar-refractivity contribution < 1.29 is 32.2 Å². The van der Waals surface area contributed by atoms with Crippen molar-refractivity contribution in [2.75, 3.05) is 0 Å². The number of carbonyl (C=O) groups excluding carboxylic acids is 3. The third-order valence-corrected chi connectivity index (χ3v) is 3.96. The first-order valence-electron chi connectivity index (χ1n) is 5.95. The van der Waals surface area contributed by atoms with E-state index < -0.39 is 39.6 Å². The summed E-state index contributed by atoms with van der Waals surface area (Å²) < 4.78 is 30.6. The van der Waals surface area contributed by atoms with E-state index in [1.54, 1.807) is 18.2 Å². The van der Waals surface area contributed by atoms with Gasteiger partial charge < -0.3 is 4.84 Å². The fourth-order valence-electron chi connectivity index (χ4n) is 1.82. The summed E-state index contributed by atoms with van der Waals surface area (Å²) in [5, 5.41) is -1.82. The molecule has 0 aromatic heterocycles. The normalized spacial score (nSPS) is 21.1. The lowest BCUT2D eigenvalue weighted by atomic mass is 10.2. The number of imide groups is 1. The van der Waals surface area contributed by atoms with Crippen LogP contribution in [0.3, 0.4) is 0 Å². The van der Waals surface area contributed by atoms with E-state index in [1.807, 2.05) is 0 Å². The molecule has 9 heteroatoms. The lowest BCUT2D eigenvalue weighted by Gasteiger charge is -2.13. The van der Waals surface area contributed by atoms with Crippen molar-refractivity contribution >= 4 is 27.9 Å². The van der Waals surface area contributed by atoms with Gasteiger partial charge in [0.1, 0.15) is 0 Å². The predicted molar refractivity (Wildman–Crippen MR) is 67.9 cm³/mol. The minimum absolute atomic E-state index is 0.0927. The number of rotatable bonds is 5. The van der Waals surface area contributed by atoms with E-state index in [0.717, 1.165) is 5.57 Å². The van der Waals surface area contributed by atoms with Crippen molar-refractivity contribution in [3.63, 3.8) is 0 Å². The molecule has 1 fully saturated rings. The van der Waals surface area contributed by atoms with Gasteiger partial charge in [-0.25, -0.2) is 4.79 Å². The second-order valence-corrected chi connectivity index (χ2v) is 5.99. The third kappa shape index (κ3) is 3.46. The van der Waals surface area contributed by atoms with Gasteiger partial charge >= 0.3 is 5.97 Å². The second-order valence-electron chi connectivity index (χ2n) is 4.39. The van der Waals surface area contributed by atoms with Crippen molar-refractivity contribution in [3.05, 3.63) is 29.5 Å². The Hall–Kier alpha value is -2.22. The number of hydroxylamine groups is 2. The van der Waals surface area contributed by atoms with Gasteiger partial charge in [-0.05, 0) is 18.1 Å². The summed E-state index contributed by atoms with van der Waals surface area (Å²) in [7, 11) is -4.71. The molecule has 2 aliphatic rings. The standard InChI is InChI=1S/C12H11NO7S/c14-10-7-9(21(17,18)19)12(16)13(10)20-11(15)6-5-8-3-1-2-4-8/h1-3,9H,5-7H2,(H,17,18,19). The van der Waals surface area contributed by atoms with Gasteiger partial charge in [-0.2, -0.15) is 8.42 Å².